The third-order valence-electron chi connectivity index (χ3n) is 7.24. The molecule has 2 amide bonds. The van der Waals surface area contributed by atoms with Gasteiger partial charge in [0, 0.05) is 36.2 Å². The summed E-state index contributed by atoms with van der Waals surface area (Å²) >= 11 is 4.67. The number of carbonyl (C=O) groups excluding carboxylic acids is 2. The van der Waals surface area contributed by atoms with Crippen molar-refractivity contribution in [2.24, 2.45) is 5.10 Å². The highest BCUT2D eigenvalue weighted by atomic mass is 79.9. The number of sulfonamides is 1. The second kappa shape index (κ2) is 13.1. The Hall–Kier alpha value is -4.44. The van der Waals surface area contributed by atoms with Crippen molar-refractivity contribution in [3.63, 3.8) is 0 Å². The molecule has 0 atom stereocenters. The summed E-state index contributed by atoms with van der Waals surface area (Å²) in [6.45, 7) is 2.58. The average Bonchev–Trinajstić information content (AvgIpc) is 3.49. The molecule has 0 aliphatic carbocycles. The Morgan fingerprint density at radius 1 is 1.09 bits per heavy atom. The fourth-order valence-corrected chi connectivity index (χ4v) is 7.73. The van der Waals surface area contributed by atoms with Crippen molar-refractivity contribution in [3.05, 3.63) is 98.8 Å². The number of hydrazone groups is 1. The highest BCUT2D eigenvalue weighted by molar-refractivity contribution is 9.10. The minimum absolute atomic E-state index is 0.00213. The molecule has 15 heteroatoms. The van der Waals surface area contributed by atoms with Crippen molar-refractivity contribution in [3.8, 4) is 0 Å². The number of aromatic nitrogens is 1. The molecule has 46 heavy (non-hydrogen) atoms. The van der Waals surface area contributed by atoms with E-state index in [-0.39, 0.29) is 59.4 Å². The number of benzene rings is 3. The topological polar surface area (TPSA) is 143 Å². The van der Waals surface area contributed by atoms with Gasteiger partial charge in [0.1, 0.15) is 11.8 Å². The summed E-state index contributed by atoms with van der Waals surface area (Å²) in [7, 11) is -3.89. The number of ether oxygens (including phenoxy) is 1. The van der Waals surface area contributed by atoms with E-state index in [0.29, 0.717) is 16.5 Å². The molecule has 3 aromatic carbocycles. The maximum atomic E-state index is 13.9. The predicted molar refractivity (Wildman–Crippen MR) is 178 cm³/mol. The molecule has 0 saturated carbocycles. The number of piperazine rings is 1. The summed E-state index contributed by atoms with van der Waals surface area (Å²) in [6, 6.07) is 17.8. The molecule has 0 radical (unpaired) electrons. The van der Waals surface area contributed by atoms with Gasteiger partial charge in [0.25, 0.3) is 5.91 Å². The number of thiazole rings is 1. The molecule has 1 aliphatic heterocycles. The van der Waals surface area contributed by atoms with Crippen LogP contribution >= 0.6 is 27.3 Å². The second-order valence-electron chi connectivity index (χ2n) is 10.1. The van der Waals surface area contributed by atoms with Crippen LogP contribution in [0.4, 0.5) is 9.93 Å². The molecule has 0 spiro atoms. The van der Waals surface area contributed by atoms with E-state index in [2.05, 4.69) is 26.0 Å². The van der Waals surface area contributed by atoms with Gasteiger partial charge in [0.2, 0.25) is 20.6 Å². The zero-order chi connectivity index (χ0) is 32.4. The van der Waals surface area contributed by atoms with Gasteiger partial charge in [-0.05, 0) is 61.5 Å². The van der Waals surface area contributed by atoms with Gasteiger partial charge < -0.3 is 14.1 Å². The number of rotatable bonds is 7. The number of hydrogen-bond acceptors (Lipinski definition) is 10. The van der Waals surface area contributed by atoms with Crippen LogP contribution in [-0.2, 0) is 14.8 Å². The highest BCUT2D eigenvalue weighted by Gasteiger charge is 2.31. The Kier molecular flexibility index (Phi) is 8.99. The van der Waals surface area contributed by atoms with Crippen LogP contribution in [0.3, 0.4) is 0 Å². The van der Waals surface area contributed by atoms with Crippen LogP contribution in [0.25, 0.3) is 21.2 Å². The molecule has 236 valence electrons. The molecule has 0 unspecified atom stereocenters. The Morgan fingerprint density at radius 3 is 2.57 bits per heavy atom. The van der Waals surface area contributed by atoms with Crippen LogP contribution in [0.1, 0.15) is 22.8 Å². The molecule has 3 heterocycles. The van der Waals surface area contributed by atoms with E-state index >= 15 is 0 Å². The number of para-hydroxylation sites is 1. The molecule has 2 aromatic heterocycles. The summed E-state index contributed by atoms with van der Waals surface area (Å²) in [4.78, 5) is 45.0. The normalized spacial score (nSPS) is 14.3. The lowest BCUT2D eigenvalue weighted by atomic mass is 10.2. The maximum Gasteiger partial charge on any atom is 0.409 e. The molecule has 1 fully saturated rings. The lowest BCUT2D eigenvalue weighted by Gasteiger charge is -2.33. The van der Waals surface area contributed by atoms with E-state index in [1.165, 1.54) is 57.3 Å². The van der Waals surface area contributed by atoms with Gasteiger partial charge >= 0.3 is 6.09 Å². The number of halogens is 1. The van der Waals surface area contributed by atoms with E-state index in [1.54, 1.807) is 37.3 Å². The summed E-state index contributed by atoms with van der Waals surface area (Å²) in [6.07, 6.45) is 2.04. The fraction of sp³-hybridized carbons (Fsp3) is 0.194. The van der Waals surface area contributed by atoms with Crippen LogP contribution in [-0.4, -0.2) is 73.6 Å². The number of anilines is 1. The first-order valence-corrected chi connectivity index (χ1v) is 17.2. The van der Waals surface area contributed by atoms with Gasteiger partial charge in [-0.3, -0.25) is 9.59 Å². The molecule has 12 nitrogen and oxygen atoms in total. The third kappa shape index (κ3) is 6.31. The smallest absolute Gasteiger partial charge is 0.409 e. The van der Waals surface area contributed by atoms with Crippen molar-refractivity contribution in [2.75, 3.05) is 37.8 Å². The zero-order valence-electron chi connectivity index (χ0n) is 24.3. The second-order valence-corrected chi connectivity index (χ2v) is 14.0. The van der Waals surface area contributed by atoms with E-state index in [9.17, 15) is 22.8 Å². The van der Waals surface area contributed by atoms with E-state index < -0.39 is 22.0 Å². The highest BCUT2D eigenvalue weighted by Crippen LogP contribution is 2.32. The van der Waals surface area contributed by atoms with Crippen LogP contribution in [0.5, 0.6) is 0 Å². The van der Waals surface area contributed by atoms with Crippen molar-refractivity contribution in [1.82, 2.24) is 14.2 Å². The standard InChI is InChI=1S/C31H26BrN5O7S2/c1-2-43-31(40)35-13-15-36(16-14-35)46(41,42)23-10-7-20(8-11-23)29(39)37(30-34-25-12-9-22(32)17-27(25)45-30)33-18-21-19-44-26-6-4-3-5-24(26)28(21)38/h3-12,17-19H,2,13-16H2,1H3/b33-18+. The predicted octanol–water partition coefficient (Wildman–Crippen LogP) is 5.31. The Balaban J connectivity index is 1.28. The quantitative estimate of drug-likeness (QED) is 0.163. The van der Waals surface area contributed by atoms with Crippen molar-refractivity contribution in [2.45, 2.75) is 11.8 Å². The molecular formula is C31H26BrN5O7S2. The molecule has 0 bridgehead atoms. The van der Waals surface area contributed by atoms with Crippen molar-refractivity contribution in [1.29, 1.82) is 0 Å². The Labute approximate surface area is 275 Å². The summed E-state index contributed by atoms with van der Waals surface area (Å²) in [5, 5.41) is 6.06. The Morgan fingerprint density at radius 2 is 1.83 bits per heavy atom. The lowest BCUT2D eigenvalue weighted by Crippen LogP contribution is -2.50. The molecule has 6 rings (SSSR count). The first-order valence-electron chi connectivity index (χ1n) is 14.1. The number of fused-ring (bicyclic) bond motifs is 2. The van der Waals surface area contributed by atoms with Gasteiger partial charge in [-0.15, -0.1) is 0 Å². The molecule has 1 saturated heterocycles. The SMILES string of the molecule is CCOC(=O)N1CCN(S(=O)(=O)c2ccc(C(=O)N(/N=C/c3coc4ccccc4c3=O)c3nc4ccc(Br)cc4s3)cc2)CC1. The maximum absolute atomic E-state index is 13.9. The summed E-state index contributed by atoms with van der Waals surface area (Å²) in [5.41, 5.74) is 1.03. The van der Waals surface area contributed by atoms with Gasteiger partial charge in [-0.2, -0.15) is 14.4 Å². The monoisotopic (exact) mass is 723 g/mol. The van der Waals surface area contributed by atoms with Crippen molar-refractivity contribution >= 4 is 81.8 Å². The third-order valence-corrected chi connectivity index (χ3v) is 10.6. The number of nitrogens with zero attached hydrogens (tertiary/aromatic N) is 5. The molecule has 5 aromatic rings. The van der Waals surface area contributed by atoms with Crippen molar-refractivity contribution < 1.29 is 27.2 Å². The van der Waals surface area contributed by atoms with E-state index in [1.807, 2.05) is 12.1 Å². The fourth-order valence-electron chi connectivity index (χ4n) is 4.83. The van der Waals surface area contributed by atoms with E-state index in [0.717, 1.165) is 14.2 Å². The largest absolute Gasteiger partial charge is 0.463 e. The van der Waals surface area contributed by atoms with E-state index in [4.69, 9.17) is 9.15 Å². The molecule has 1 aliphatic rings. The van der Waals surface area contributed by atoms with Crippen LogP contribution in [0.15, 0.2) is 96.7 Å². The van der Waals surface area contributed by atoms with Crippen LogP contribution in [0.2, 0.25) is 0 Å². The first-order chi connectivity index (χ1) is 22.2. The lowest BCUT2D eigenvalue weighted by molar-refractivity contribution is 0.0933. The van der Waals surface area contributed by atoms with Gasteiger partial charge in [-0.25, -0.2) is 18.2 Å². The van der Waals surface area contributed by atoms with Crippen LogP contribution in [0, 0.1) is 0 Å². The van der Waals surface area contributed by atoms with Gasteiger partial charge in [-0.1, -0.05) is 39.4 Å². The average molecular weight is 725 g/mol. The van der Waals surface area contributed by atoms with Crippen LogP contribution < -0.4 is 10.4 Å². The van der Waals surface area contributed by atoms with Gasteiger partial charge in [0.15, 0.2) is 0 Å². The van der Waals surface area contributed by atoms with Gasteiger partial charge in [0.05, 0.1) is 38.9 Å². The summed E-state index contributed by atoms with van der Waals surface area (Å²) < 4.78 is 40.3. The number of carbonyl (C=O) groups is 2. The Bertz CT molecular complexity index is 2140. The molecule has 0 N–H and O–H groups in total. The minimum atomic E-state index is -3.89. The number of amides is 2. The minimum Gasteiger partial charge on any atom is -0.463 e. The molecular weight excluding hydrogens is 698 g/mol. The zero-order valence-corrected chi connectivity index (χ0v) is 27.5. The summed E-state index contributed by atoms with van der Waals surface area (Å²) in [5.74, 6) is -0.591. The first kappa shape index (κ1) is 31.5. The number of hydrogen-bond donors (Lipinski definition) is 0.